The van der Waals surface area contributed by atoms with Crippen molar-refractivity contribution in [3.05, 3.63) is 27.7 Å². The average molecular weight is 515 g/mol. The molecule has 0 aromatic heterocycles. The Labute approximate surface area is 197 Å². The number of rotatable bonds is 3. The van der Waals surface area contributed by atoms with Gasteiger partial charge in [-0.15, -0.1) is 0 Å². The lowest BCUT2D eigenvalue weighted by atomic mass is 9.85. The Morgan fingerprint density at radius 2 is 1.61 bits per heavy atom. The maximum Gasteiger partial charge on any atom is 0.490 e. The predicted molar refractivity (Wildman–Crippen MR) is 113 cm³/mol. The van der Waals surface area contributed by atoms with Crippen LogP contribution in [0.5, 0.6) is 5.75 Å². The number of hydrogen-bond donors (Lipinski definition) is 5. The SMILES string of the molecule is N[C@@H](c1cc(Cl)c(Cl)cc1O)C1CCN(C(=O)C2CNC(=O)NC2)CC1.O=C(O)C(F)(F)F. The van der Waals surface area contributed by atoms with Crippen molar-refractivity contribution in [2.24, 2.45) is 17.6 Å². The molecule has 1 aromatic carbocycles. The molecule has 2 aliphatic rings. The fourth-order valence-corrected chi connectivity index (χ4v) is 3.88. The Balaban J connectivity index is 0.000000479. The monoisotopic (exact) mass is 514 g/mol. The number of nitrogens with zero attached hydrogens (tertiary/aromatic N) is 1. The first-order chi connectivity index (χ1) is 15.3. The first kappa shape index (κ1) is 26.8. The number of amides is 3. The molecule has 0 bridgehead atoms. The molecular formula is C19H23Cl2F3N4O5. The van der Waals surface area contributed by atoms with E-state index in [4.69, 9.17) is 38.8 Å². The molecule has 9 nitrogen and oxygen atoms in total. The summed E-state index contributed by atoms with van der Waals surface area (Å²) in [6, 6.07) is 2.40. The molecule has 33 heavy (non-hydrogen) atoms. The molecular weight excluding hydrogens is 492 g/mol. The summed E-state index contributed by atoms with van der Waals surface area (Å²) < 4.78 is 31.7. The molecule has 3 amide bonds. The van der Waals surface area contributed by atoms with Gasteiger partial charge in [0.2, 0.25) is 5.91 Å². The summed E-state index contributed by atoms with van der Waals surface area (Å²) >= 11 is 11.9. The number of nitrogens with one attached hydrogen (secondary N) is 2. The molecule has 1 atom stereocenters. The second kappa shape index (κ2) is 11.1. The van der Waals surface area contributed by atoms with Gasteiger partial charge < -0.3 is 31.5 Å². The number of nitrogens with two attached hydrogens (primary N) is 1. The van der Waals surface area contributed by atoms with Crippen LogP contribution in [-0.2, 0) is 9.59 Å². The number of phenols is 1. The standard InChI is InChI=1S/C17H22Cl2N4O3.C2HF3O2/c18-12-5-11(14(24)6-13(12)19)15(20)9-1-3-23(4-2-9)16(25)10-7-21-17(26)22-8-10;3-2(4,5)1(6)7/h5-6,9-10,15,24H,1-4,7-8,20H2,(H2,21,22,26);(H,6,7)/t15-;/m1./s1. The first-order valence-corrected chi connectivity index (χ1v) is 10.6. The number of phenolic OH excluding ortho intramolecular Hbond substituents is 1. The van der Waals surface area contributed by atoms with E-state index in [1.54, 1.807) is 6.07 Å². The third-order valence-electron chi connectivity index (χ3n) is 5.40. The number of likely N-dealkylation sites (tertiary alicyclic amines) is 1. The normalized spacial score (nSPS) is 18.5. The Kier molecular flexibility index (Phi) is 9.04. The van der Waals surface area contributed by atoms with Gasteiger partial charge in [-0.25, -0.2) is 9.59 Å². The largest absolute Gasteiger partial charge is 0.508 e. The summed E-state index contributed by atoms with van der Waals surface area (Å²) in [6.45, 7) is 1.93. The average Bonchev–Trinajstić information content (AvgIpc) is 2.76. The van der Waals surface area contributed by atoms with Gasteiger partial charge in [-0.3, -0.25) is 4.79 Å². The minimum absolute atomic E-state index is 0.0365. The zero-order chi connectivity index (χ0) is 24.9. The van der Waals surface area contributed by atoms with Gasteiger partial charge in [-0.2, -0.15) is 13.2 Å². The van der Waals surface area contributed by atoms with Crippen LogP contribution in [0.1, 0.15) is 24.4 Å². The van der Waals surface area contributed by atoms with Crippen LogP contribution in [0.2, 0.25) is 10.0 Å². The molecule has 0 spiro atoms. The fourth-order valence-electron chi connectivity index (χ4n) is 3.55. The second-order valence-electron chi connectivity index (χ2n) is 7.60. The number of carboxylic acid groups (broad SMARTS) is 1. The van der Waals surface area contributed by atoms with Crippen LogP contribution in [0.15, 0.2) is 12.1 Å². The molecule has 0 saturated carbocycles. The number of piperidine rings is 1. The van der Waals surface area contributed by atoms with Crippen molar-refractivity contribution in [3.63, 3.8) is 0 Å². The van der Waals surface area contributed by atoms with Gasteiger partial charge >= 0.3 is 18.2 Å². The minimum atomic E-state index is -5.08. The van der Waals surface area contributed by atoms with Gasteiger partial charge in [0.1, 0.15) is 5.75 Å². The number of hydrogen-bond acceptors (Lipinski definition) is 5. The van der Waals surface area contributed by atoms with Crippen LogP contribution in [0.25, 0.3) is 0 Å². The van der Waals surface area contributed by atoms with Gasteiger partial charge in [-0.05, 0) is 24.8 Å². The molecule has 2 aliphatic heterocycles. The lowest BCUT2D eigenvalue weighted by Crippen LogP contribution is -2.54. The highest BCUT2D eigenvalue weighted by atomic mass is 35.5. The van der Waals surface area contributed by atoms with Crippen LogP contribution >= 0.6 is 23.2 Å². The second-order valence-corrected chi connectivity index (χ2v) is 8.42. The number of carbonyl (C=O) groups is 3. The Hall–Kier alpha value is -2.44. The van der Waals surface area contributed by atoms with Crippen LogP contribution < -0.4 is 16.4 Å². The van der Waals surface area contributed by atoms with Gasteiger partial charge in [0.15, 0.2) is 0 Å². The number of carboxylic acids is 1. The fraction of sp³-hybridized carbons (Fsp3) is 0.526. The number of halogens is 5. The van der Waals surface area contributed by atoms with E-state index in [0.29, 0.717) is 36.8 Å². The topological polar surface area (TPSA) is 145 Å². The van der Waals surface area contributed by atoms with Crippen molar-refractivity contribution >= 4 is 41.1 Å². The summed E-state index contributed by atoms with van der Waals surface area (Å²) in [6.07, 6.45) is -3.61. The van der Waals surface area contributed by atoms with Gasteiger partial charge in [0.25, 0.3) is 0 Å². The van der Waals surface area contributed by atoms with Crippen molar-refractivity contribution < 1.29 is 37.8 Å². The number of alkyl halides is 3. The van der Waals surface area contributed by atoms with E-state index < -0.39 is 12.1 Å². The highest BCUT2D eigenvalue weighted by Gasteiger charge is 2.38. The highest BCUT2D eigenvalue weighted by Crippen LogP contribution is 2.37. The molecule has 0 radical (unpaired) electrons. The summed E-state index contributed by atoms with van der Waals surface area (Å²) in [5.74, 6) is -2.78. The first-order valence-electron chi connectivity index (χ1n) is 9.85. The number of carbonyl (C=O) groups excluding carboxylic acids is 2. The molecule has 6 N–H and O–H groups in total. The van der Waals surface area contributed by atoms with Crippen molar-refractivity contribution in [3.8, 4) is 5.75 Å². The lowest BCUT2D eigenvalue weighted by molar-refractivity contribution is -0.192. The van der Waals surface area contributed by atoms with Crippen LogP contribution in [-0.4, -0.2) is 65.4 Å². The number of aromatic hydroxyl groups is 1. The van der Waals surface area contributed by atoms with Gasteiger partial charge in [0, 0.05) is 43.9 Å². The minimum Gasteiger partial charge on any atom is -0.508 e. The Morgan fingerprint density at radius 1 is 1.12 bits per heavy atom. The van der Waals surface area contributed by atoms with E-state index in [1.807, 2.05) is 4.90 Å². The predicted octanol–water partition coefficient (Wildman–Crippen LogP) is 2.50. The quantitative estimate of drug-likeness (QED) is 0.419. The van der Waals surface area contributed by atoms with Gasteiger partial charge in [0.05, 0.1) is 16.0 Å². The van der Waals surface area contributed by atoms with Crippen LogP contribution in [0.4, 0.5) is 18.0 Å². The number of urea groups is 1. The van der Waals surface area contributed by atoms with E-state index in [9.17, 15) is 27.9 Å². The lowest BCUT2D eigenvalue weighted by Gasteiger charge is -2.37. The zero-order valence-electron chi connectivity index (χ0n) is 17.2. The smallest absolute Gasteiger partial charge is 0.490 e. The molecule has 3 rings (SSSR count). The summed E-state index contributed by atoms with van der Waals surface area (Å²) in [5, 5.41) is 23.2. The Morgan fingerprint density at radius 3 is 2.09 bits per heavy atom. The zero-order valence-corrected chi connectivity index (χ0v) is 18.7. The summed E-state index contributed by atoms with van der Waals surface area (Å²) in [7, 11) is 0. The summed E-state index contributed by atoms with van der Waals surface area (Å²) in [5.41, 5.74) is 6.92. The van der Waals surface area contributed by atoms with E-state index in [0.717, 1.165) is 12.8 Å². The van der Waals surface area contributed by atoms with Crippen molar-refractivity contribution in [1.29, 1.82) is 0 Å². The highest BCUT2D eigenvalue weighted by molar-refractivity contribution is 6.42. The third kappa shape index (κ3) is 7.27. The maximum atomic E-state index is 12.6. The molecule has 2 fully saturated rings. The third-order valence-corrected chi connectivity index (χ3v) is 6.12. The van der Waals surface area contributed by atoms with E-state index in [1.165, 1.54) is 6.07 Å². The van der Waals surface area contributed by atoms with Crippen molar-refractivity contribution in [2.75, 3.05) is 26.2 Å². The molecule has 1 aromatic rings. The molecule has 184 valence electrons. The molecule has 2 saturated heterocycles. The summed E-state index contributed by atoms with van der Waals surface area (Å²) in [4.78, 5) is 34.4. The van der Waals surface area contributed by atoms with Crippen LogP contribution in [0.3, 0.4) is 0 Å². The van der Waals surface area contributed by atoms with E-state index >= 15 is 0 Å². The van der Waals surface area contributed by atoms with Crippen molar-refractivity contribution in [1.82, 2.24) is 15.5 Å². The number of benzene rings is 1. The van der Waals surface area contributed by atoms with E-state index in [2.05, 4.69) is 10.6 Å². The Bertz CT molecular complexity index is 885. The number of aliphatic carboxylic acids is 1. The molecule has 2 heterocycles. The van der Waals surface area contributed by atoms with Crippen molar-refractivity contribution in [2.45, 2.75) is 25.1 Å². The maximum absolute atomic E-state index is 12.6. The van der Waals surface area contributed by atoms with Crippen LogP contribution in [0, 0.1) is 11.8 Å². The molecule has 14 heteroatoms. The van der Waals surface area contributed by atoms with Gasteiger partial charge in [-0.1, -0.05) is 23.2 Å². The van der Waals surface area contributed by atoms with E-state index in [-0.39, 0.29) is 40.6 Å². The molecule has 0 aliphatic carbocycles. The molecule has 0 unspecified atom stereocenters.